The Morgan fingerprint density at radius 1 is 1.36 bits per heavy atom. The summed E-state index contributed by atoms with van der Waals surface area (Å²) in [5.74, 6) is -1.18. The van der Waals surface area contributed by atoms with Gasteiger partial charge in [-0.2, -0.15) is 0 Å². The zero-order valence-electron chi connectivity index (χ0n) is 7.56. The molecule has 1 unspecified atom stereocenters. The van der Waals surface area contributed by atoms with Crippen molar-refractivity contribution in [3.8, 4) is 11.5 Å². The quantitative estimate of drug-likeness (QED) is 0.402. The van der Waals surface area contributed by atoms with Gasteiger partial charge >= 0.3 is 0 Å². The maximum absolute atomic E-state index is 11.3. The maximum Gasteiger partial charge on any atom is 0.253 e. The molecule has 0 aliphatic carbocycles. The van der Waals surface area contributed by atoms with Crippen molar-refractivity contribution >= 4 is 5.91 Å². The van der Waals surface area contributed by atoms with Crippen LogP contribution in [0.5, 0.6) is 11.5 Å². The fourth-order valence-corrected chi connectivity index (χ4v) is 0.938. The number of nitrogens with one attached hydrogen (secondary N) is 1. The third-order valence-corrected chi connectivity index (χ3v) is 1.58. The predicted molar refractivity (Wildman–Crippen MR) is 48.9 cm³/mol. The molecule has 1 atom stereocenters. The van der Waals surface area contributed by atoms with Crippen molar-refractivity contribution in [3.05, 3.63) is 23.8 Å². The van der Waals surface area contributed by atoms with Gasteiger partial charge in [-0.15, -0.1) is 0 Å². The topological polar surface area (TPSA) is 89.8 Å². The molecule has 0 bridgehead atoms. The van der Waals surface area contributed by atoms with Crippen LogP contribution in [0.4, 0.5) is 0 Å². The van der Waals surface area contributed by atoms with Crippen LogP contribution in [0.1, 0.15) is 17.3 Å². The van der Waals surface area contributed by atoms with Crippen LogP contribution in [-0.4, -0.2) is 27.5 Å². The Balaban J connectivity index is 2.86. The van der Waals surface area contributed by atoms with Crippen molar-refractivity contribution in [3.63, 3.8) is 0 Å². The lowest BCUT2D eigenvalue weighted by Gasteiger charge is -2.07. The average Bonchev–Trinajstić information content (AvgIpc) is 2.08. The van der Waals surface area contributed by atoms with E-state index in [1.165, 1.54) is 19.1 Å². The van der Waals surface area contributed by atoms with Gasteiger partial charge in [0.05, 0.1) is 0 Å². The van der Waals surface area contributed by atoms with Crippen molar-refractivity contribution in [2.24, 2.45) is 0 Å². The molecule has 76 valence electrons. The molecule has 0 fully saturated rings. The van der Waals surface area contributed by atoms with E-state index >= 15 is 0 Å². The SMILES string of the molecule is CC(O)NC(=O)c1ccc(O)c(O)c1. The van der Waals surface area contributed by atoms with Gasteiger partial charge in [0.2, 0.25) is 0 Å². The van der Waals surface area contributed by atoms with Gasteiger partial charge in [-0.3, -0.25) is 4.79 Å². The number of amides is 1. The first-order chi connectivity index (χ1) is 6.50. The van der Waals surface area contributed by atoms with Crippen molar-refractivity contribution in [1.82, 2.24) is 5.32 Å². The second-order valence-electron chi connectivity index (χ2n) is 2.85. The Kier molecular flexibility index (Phi) is 2.93. The summed E-state index contributed by atoms with van der Waals surface area (Å²) >= 11 is 0. The van der Waals surface area contributed by atoms with E-state index in [0.717, 1.165) is 6.07 Å². The summed E-state index contributed by atoms with van der Waals surface area (Å²) in [6.07, 6.45) is -0.960. The van der Waals surface area contributed by atoms with E-state index in [1.807, 2.05) is 0 Å². The Morgan fingerprint density at radius 3 is 2.50 bits per heavy atom. The number of hydrogen-bond acceptors (Lipinski definition) is 4. The molecule has 0 aromatic heterocycles. The van der Waals surface area contributed by atoms with Gasteiger partial charge in [0.1, 0.15) is 6.23 Å². The largest absolute Gasteiger partial charge is 0.504 e. The van der Waals surface area contributed by atoms with Gasteiger partial charge in [-0.05, 0) is 25.1 Å². The smallest absolute Gasteiger partial charge is 0.253 e. The summed E-state index contributed by atoms with van der Waals surface area (Å²) in [4.78, 5) is 11.3. The van der Waals surface area contributed by atoms with Crippen LogP contribution in [0.3, 0.4) is 0 Å². The summed E-state index contributed by atoms with van der Waals surface area (Å²) in [6.45, 7) is 1.40. The van der Waals surface area contributed by atoms with Crippen LogP contribution in [-0.2, 0) is 0 Å². The monoisotopic (exact) mass is 197 g/mol. The van der Waals surface area contributed by atoms with E-state index in [9.17, 15) is 4.79 Å². The highest BCUT2D eigenvalue weighted by atomic mass is 16.3. The molecule has 5 nitrogen and oxygen atoms in total. The van der Waals surface area contributed by atoms with Gasteiger partial charge in [0, 0.05) is 5.56 Å². The highest BCUT2D eigenvalue weighted by Gasteiger charge is 2.09. The minimum Gasteiger partial charge on any atom is -0.504 e. The Morgan fingerprint density at radius 2 is 2.00 bits per heavy atom. The lowest BCUT2D eigenvalue weighted by Crippen LogP contribution is -2.31. The number of aromatic hydroxyl groups is 2. The number of phenols is 2. The van der Waals surface area contributed by atoms with Crippen LogP contribution in [0.2, 0.25) is 0 Å². The number of carbonyl (C=O) groups excluding carboxylic acids is 1. The van der Waals surface area contributed by atoms with E-state index in [0.29, 0.717) is 0 Å². The van der Waals surface area contributed by atoms with Crippen LogP contribution in [0.25, 0.3) is 0 Å². The van der Waals surface area contributed by atoms with E-state index in [4.69, 9.17) is 15.3 Å². The van der Waals surface area contributed by atoms with Crippen molar-refractivity contribution < 1.29 is 20.1 Å². The molecule has 1 amide bonds. The summed E-state index contributed by atoms with van der Waals surface area (Å²) in [7, 11) is 0. The molecule has 0 saturated heterocycles. The molecule has 0 aliphatic rings. The van der Waals surface area contributed by atoms with Gasteiger partial charge in [0.15, 0.2) is 11.5 Å². The van der Waals surface area contributed by atoms with E-state index in [-0.39, 0.29) is 17.1 Å². The lowest BCUT2D eigenvalue weighted by molar-refractivity contribution is 0.0818. The number of phenolic OH excluding ortho intramolecular Hbond substituents is 2. The summed E-state index contributed by atoms with van der Waals surface area (Å²) in [6, 6.07) is 3.66. The molecule has 0 heterocycles. The molecular weight excluding hydrogens is 186 g/mol. The van der Waals surface area contributed by atoms with Crippen LogP contribution < -0.4 is 5.32 Å². The third-order valence-electron chi connectivity index (χ3n) is 1.58. The number of carbonyl (C=O) groups is 1. The fraction of sp³-hybridized carbons (Fsp3) is 0.222. The minimum absolute atomic E-state index is 0.168. The number of benzene rings is 1. The van der Waals surface area contributed by atoms with E-state index in [2.05, 4.69) is 5.32 Å². The van der Waals surface area contributed by atoms with Gasteiger partial charge in [0.25, 0.3) is 5.91 Å². The van der Waals surface area contributed by atoms with Gasteiger partial charge in [-0.1, -0.05) is 0 Å². The van der Waals surface area contributed by atoms with Gasteiger partial charge in [-0.25, -0.2) is 0 Å². The minimum atomic E-state index is -0.960. The highest BCUT2D eigenvalue weighted by Crippen LogP contribution is 2.24. The zero-order valence-corrected chi connectivity index (χ0v) is 7.56. The summed E-state index contributed by atoms with van der Waals surface area (Å²) in [5, 5.41) is 29.2. The predicted octanol–water partition coefficient (Wildman–Crippen LogP) is 0.166. The molecule has 0 spiro atoms. The Labute approximate surface area is 80.6 Å². The maximum atomic E-state index is 11.3. The molecule has 1 aromatic rings. The molecular formula is C9H11NO4. The van der Waals surface area contributed by atoms with Gasteiger partial charge < -0.3 is 20.6 Å². The molecule has 0 aliphatic heterocycles. The van der Waals surface area contributed by atoms with Crippen LogP contribution in [0.15, 0.2) is 18.2 Å². The van der Waals surface area contributed by atoms with Crippen LogP contribution in [0, 0.1) is 0 Å². The standard InChI is InChI=1S/C9H11NO4/c1-5(11)10-9(14)6-2-3-7(12)8(13)4-6/h2-5,11-13H,1H3,(H,10,14). The Bertz CT molecular complexity index is 349. The second kappa shape index (κ2) is 3.97. The summed E-state index contributed by atoms with van der Waals surface area (Å²) in [5.41, 5.74) is 0.168. The third kappa shape index (κ3) is 2.37. The molecule has 5 heteroatoms. The number of aliphatic hydroxyl groups is 1. The first-order valence-corrected chi connectivity index (χ1v) is 4.01. The molecule has 4 N–H and O–H groups in total. The number of rotatable bonds is 2. The van der Waals surface area contributed by atoms with Crippen molar-refractivity contribution in [2.45, 2.75) is 13.2 Å². The molecule has 0 radical (unpaired) electrons. The second-order valence-corrected chi connectivity index (χ2v) is 2.85. The zero-order chi connectivity index (χ0) is 10.7. The number of hydrogen-bond donors (Lipinski definition) is 4. The Hall–Kier alpha value is -1.75. The fourth-order valence-electron chi connectivity index (χ4n) is 0.938. The highest BCUT2D eigenvalue weighted by molar-refractivity contribution is 5.94. The first-order valence-electron chi connectivity index (χ1n) is 4.01. The van der Waals surface area contributed by atoms with Crippen molar-refractivity contribution in [1.29, 1.82) is 0 Å². The van der Waals surface area contributed by atoms with E-state index in [1.54, 1.807) is 0 Å². The lowest BCUT2D eigenvalue weighted by atomic mass is 10.2. The van der Waals surface area contributed by atoms with E-state index < -0.39 is 12.1 Å². The van der Waals surface area contributed by atoms with Crippen molar-refractivity contribution in [2.75, 3.05) is 0 Å². The molecule has 1 aromatic carbocycles. The first kappa shape index (κ1) is 10.3. The average molecular weight is 197 g/mol. The van der Waals surface area contributed by atoms with Crippen LogP contribution >= 0.6 is 0 Å². The molecule has 14 heavy (non-hydrogen) atoms. The molecule has 1 rings (SSSR count). The normalized spacial score (nSPS) is 12.1. The molecule has 0 saturated carbocycles. The number of aliphatic hydroxyl groups excluding tert-OH is 1. The summed E-state index contributed by atoms with van der Waals surface area (Å²) < 4.78 is 0.